The highest BCUT2D eigenvalue weighted by molar-refractivity contribution is 6.14. The molecule has 1 saturated heterocycles. The van der Waals surface area contributed by atoms with E-state index in [2.05, 4.69) is 4.90 Å². The van der Waals surface area contributed by atoms with Crippen LogP contribution < -0.4 is 0 Å². The Morgan fingerprint density at radius 1 is 1.12 bits per heavy atom. The fourth-order valence-corrected chi connectivity index (χ4v) is 4.19. The molecule has 1 unspecified atom stereocenters. The summed E-state index contributed by atoms with van der Waals surface area (Å²) >= 11 is 0. The van der Waals surface area contributed by atoms with E-state index in [1.54, 1.807) is 12.1 Å². The van der Waals surface area contributed by atoms with Crippen molar-refractivity contribution in [2.24, 2.45) is 0 Å². The molecule has 1 amide bonds. The summed E-state index contributed by atoms with van der Waals surface area (Å²) in [5.41, 5.74) is 0.942. The SMILES string of the molecule is O=C(C=Cc1ccccc1)C1=C(O)C(=O)N(CCN2CCOCC2)C1c1cccc([N+](=O)[O-])c1. The van der Waals surface area contributed by atoms with Gasteiger partial charge in [-0.15, -0.1) is 0 Å². The standard InChI is InChI=1S/C25H25N3O6/c29-21(10-9-18-5-2-1-3-6-18)22-23(19-7-4-8-20(17-19)28(32)33)27(25(31)24(22)30)12-11-26-13-15-34-16-14-26/h1-10,17,23,30H,11-16H2. The minimum absolute atomic E-state index is 0.0837. The Kier molecular flexibility index (Phi) is 7.15. The van der Waals surface area contributed by atoms with Crippen LogP contribution in [0.15, 0.2) is 72.0 Å². The molecule has 0 spiro atoms. The van der Waals surface area contributed by atoms with Gasteiger partial charge in [-0.25, -0.2) is 0 Å². The van der Waals surface area contributed by atoms with Crippen LogP contribution in [0.4, 0.5) is 5.69 Å². The van der Waals surface area contributed by atoms with Crippen molar-refractivity contribution < 1.29 is 24.4 Å². The first kappa shape index (κ1) is 23.3. The van der Waals surface area contributed by atoms with Gasteiger partial charge in [0, 0.05) is 38.3 Å². The number of rotatable bonds is 8. The Hall–Kier alpha value is -3.82. The van der Waals surface area contributed by atoms with E-state index in [0.29, 0.717) is 38.4 Å². The van der Waals surface area contributed by atoms with Gasteiger partial charge in [0.2, 0.25) is 0 Å². The number of morpholine rings is 1. The fourth-order valence-electron chi connectivity index (χ4n) is 4.19. The number of carbonyl (C=O) groups excluding carboxylic acids is 2. The highest BCUT2D eigenvalue weighted by Crippen LogP contribution is 2.38. The molecule has 2 aromatic carbocycles. The summed E-state index contributed by atoms with van der Waals surface area (Å²) in [5.74, 6) is -1.82. The van der Waals surface area contributed by atoms with Crippen LogP contribution in [0.1, 0.15) is 17.2 Å². The molecule has 2 aromatic rings. The van der Waals surface area contributed by atoms with Crippen LogP contribution in [0.2, 0.25) is 0 Å². The Bertz CT molecular complexity index is 1140. The number of carbonyl (C=O) groups is 2. The predicted molar refractivity (Wildman–Crippen MR) is 125 cm³/mol. The van der Waals surface area contributed by atoms with E-state index in [0.717, 1.165) is 5.56 Å². The normalized spacial score (nSPS) is 19.2. The number of hydrogen-bond donors (Lipinski definition) is 1. The number of benzene rings is 2. The minimum atomic E-state index is -0.929. The number of aliphatic hydroxyl groups is 1. The van der Waals surface area contributed by atoms with Gasteiger partial charge in [0.15, 0.2) is 11.5 Å². The Morgan fingerprint density at radius 2 is 1.85 bits per heavy atom. The van der Waals surface area contributed by atoms with E-state index >= 15 is 0 Å². The van der Waals surface area contributed by atoms with Gasteiger partial charge in [-0.1, -0.05) is 48.5 Å². The van der Waals surface area contributed by atoms with Crippen LogP contribution in [0, 0.1) is 10.1 Å². The molecular weight excluding hydrogens is 438 g/mol. The number of allylic oxidation sites excluding steroid dienone is 1. The summed E-state index contributed by atoms with van der Waals surface area (Å²) in [5, 5.41) is 22.1. The summed E-state index contributed by atoms with van der Waals surface area (Å²) < 4.78 is 5.36. The number of nitrogens with zero attached hydrogens (tertiary/aromatic N) is 3. The zero-order chi connectivity index (χ0) is 24.1. The molecule has 1 fully saturated rings. The quantitative estimate of drug-likeness (QED) is 0.364. The van der Waals surface area contributed by atoms with Gasteiger partial charge in [-0.2, -0.15) is 0 Å². The molecular formula is C25H25N3O6. The molecule has 176 valence electrons. The lowest BCUT2D eigenvalue weighted by Crippen LogP contribution is -2.43. The number of amides is 1. The number of aliphatic hydroxyl groups excluding tert-OH is 1. The van der Waals surface area contributed by atoms with E-state index in [9.17, 15) is 24.8 Å². The lowest BCUT2D eigenvalue weighted by Gasteiger charge is -2.31. The van der Waals surface area contributed by atoms with Crippen molar-refractivity contribution in [1.82, 2.24) is 9.80 Å². The van der Waals surface area contributed by atoms with Gasteiger partial charge in [-0.3, -0.25) is 24.6 Å². The minimum Gasteiger partial charge on any atom is -0.503 e. The van der Waals surface area contributed by atoms with Gasteiger partial charge >= 0.3 is 0 Å². The monoisotopic (exact) mass is 463 g/mol. The molecule has 2 heterocycles. The van der Waals surface area contributed by atoms with Crippen molar-refractivity contribution in [3.05, 3.63) is 93.2 Å². The average Bonchev–Trinajstić information content (AvgIpc) is 3.12. The molecule has 0 bridgehead atoms. The van der Waals surface area contributed by atoms with Crippen molar-refractivity contribution in [3.63, 3.8) is 0 Å². The molecule has 9 nitrogen and oxygen atoms in total. The van der Waals surface area contributed by atoms with Crippen molar-refractivity contribution in [1.29, 1.82) is 0 Å². The second-order valence-electron chi connectivity index (χ2n) is 8.08. The largest absolute Gasteiger partial charge is 0.503 e. The van der Waals surface area contributed by atoms with Gasteiger partial charge in [0.25, 0.3) is 11.6 Å². The molecule has 0 saturated carbocycles. The number of ketones is 1. The molecule has 9 heteroatoms. The van der Waals surface area contributed by atoms with Crippen molar-refractivity contribution in [3.8, 4) is 0 Å². The second-order valence-corrected chi connectivity index (χ2v) is 8.08. The molecule has 2 aliphatic heterocycles. The van der Waals surface area contributed by atoms with E-state index < -0.39 is 28.4 Å². The zero-order valence-electron chi connectivity index (χ0n) is 18.5. The van der Waals surface area contributed by atoms with Crippen LogP contribution >= 0.6 is 0 Å². The molecule has 1 N–H and O–H groups in total. The molecule has 0 radical (unpaired) electrons. The summed E-state index contributed by atoms with van der Waals surface area (Å²) in [6.45, 7) is 3.40. The summed E-state index contributed by atoms with van der Waals surface area (Å²) in [6, 6.07) is 14.1. The number of nitro benzene ring substituents is 1. The third kappa shape index (κ3) is 5.05. The first-order valence-corrected chi connectivity index (χ1v) is 11.0. The predicted octanol–water partition coefficient (Wildman–Crippen LogP) is 2.90. The maximum atomic E-state index is 13.2. The van der Waals surface area contributed by atoms with Gasteiger partial charge in [0.05, 0.1) is 29.8 Å². The fraction of sp³-hybridized carbons (Fsp3) is 0.280. The van der Waals surface area contributed by atoms with Crippen LogP contribution in [-0.2, 0) is 14.3 Å². The zero-order valence-corrected chi connectivity index (χ0v) is 18.5. The first-order chi connectivity index (χ1) is 16.5. The summed E-state index contributed by atoms with van der Waals surface area (Å²) in [6.07, 6.45) is 2.91. The second kappa shape index (κ2) is 10.4. The Labute approximate surface area is 196 Å². The maximum Gasteiger partial charge on any atom is 0.290 e. The molecule has 4 rings (SSSR count). The van der Waals surface area contributed by atoms with Crippen molar-refractivity contribution in [2.75, 3.05) is 39.4 Å². The van der Waals surface area contributed by atoms with Crippen LogP contribution in [0.5, 0.6) is 0 Å². The van der Waals surface area contributed by atoms with Gasteiger partial charge < -0.3 is 14.7 Å². The summed E-state index contributed by atoms with van der Waals surface area (Å²) in [4.78, 5) is 40.6. The van der Waals surface area contributed by atoms with Gasteiger partial charge in [-0.05, 0) is 17.2 Å². The number of non-ortho nitro benzene ring substituents is 1. The number of nitro groups is 1. The van der Waals surface area contributed by atoms with Crippen LogP contribution in [0.3, 0.4) is 0 Å². The third-order valence-corrected chi connectivity index (χ3v) is 5.95. The van der Waals surface area contributed by atoms with Crippen LogP contribution in [-0.4, -0.2) is 70.9 Å². The highest BCUT2D eigenvalue weighted by atomic mass is 16.6. The molecule has 2 aliphatic rings. The van der Waals surface area contributed by atoms with E-state index in [1.807, 2.05) is 30.3 Å². The van der Waals surface area contributed by atoms with E-state index in [4.69, 9.17) is 4.74 Å². The average molecular weight is 463 g/mol. The maximum absolute atomic E-state index is 13.2. The highest BCUT2D eigenvalue weighted by Gasteiger charge is 2.43. The van der Waals surface area contributed by atoms with Crippen molar-refractivity contribution in [2.45, 2.75) is 6.04 Å². The van der Waals surface area contributed by atoms with E-state index in [1.165, 1.54) is 29.2 Å². The Balaban J connectivity index is 1.66. The number of ether oxygens (including phenoxy) is 1. The molecule has 34 heavy (non-hydrogen) atoms. The van der Waals surface area contributed by atoms with E-state index in [-0.39, 0.29) is 17.8 Å². The lowest BCUT2D eigenvalue weighted by atomic mass is 9.95. The third-order valence-electron chi connectivity index (χ3n) is 5.95. The lowest BCUT2D eigenvalue weighted by molar-refractivity contribution is -0.384. The molecule has 1 atom stereocenters. The topological polar surface area (TPSA) is 113 Å². The number of hydrogen-bond acceptors (Lipinski definition) is 7. The Morgan fingerprint density at radius 3 is 2.56 bits per heavy atom. The molecule has 0 aromatic heterocycles. The smallest absolute Gasteiger partial charge is 0.290 e. The molecule has 0 aliphatic carbocycles. The van der Waals surface area contributed by atoms with Crippen LogP contribution in [0.25, 0.3) is 6.08 Å². The first-order valence-electron chi connectivity index (χ1n) is 11.0. The summed E-state index contributed by atoms with van der Waals surface area (Å²) in [7, 11) is 0. The van der Waals surface area contributed by atoms with Gasteiger partial charge in [0.1, 0.15) is 0 Å². The van der Waals surface area contributed by atoms with Crippen molar-refractivity contribution >= 4 is 23.5 Å².